The summed E-state index contributed by atoms with van der Waals surface area (Å²) in [5, 5.41) is 1.21. The summed E-state index contributed by atoms with van der Waals surface area (Å²) < 4.78 is 0. The fourth-order valence-electron chi connectivity index (χ4n) is 3.99. The number of thiol groups is 1. The molecule has 31 heavy (non-hydrogen) atoms. The van der Waals surface area contributed by atoms with E-state index in [2.05, 4.69) is 102 Å². The normalized spacial score (nSPS) is 13.5. The minimum atomic E-state index is -0.356. The van der Waals surface area contributed by atoms with Gasteiger partial charge in [0, 0.05) is 21.4 Å². The number of hydrogen-bond acceptors (Lipinski definition) is 3. The van der Waals surface area contributed by atoms with Gasteiger partial charge in [0.15, 0.2) is 0 Å². The Bertz CT molecular complexity index is 1240. The monoisotopic (exact) mass is 426 g/mol. The van der Waals surface area contributed by atoms with Crippen LogP contribution in [0.5, 0.6) is 0 Å². The lowest BCUT2D eigenvalue weighted by molar-refractivity contribution is 0.350. The third-order valence-electron chi connectivity index (χ3n) is 6.55. The molecule has 0 spiro atoms. The van der Waals surface area contributed by atoms with Crippen molar-refractivity contribution in [2.24, 2.45) is 11.7 Å². The molecule has 0 bridgehead atoms. The van der Waals surface area contributed by atoms with E-state index in [0.29, 0.717) is 5.92 Å². The number of aryl methyl sites for hydroxylation is 2. The quantitative estimate of drug-likeness (QED) is 0.336. The Kier molecular flexibility index (Phi) is 5.67. The van der Waals surface area contributed by atoms with Gasteiger partial charge in [0.25, 0.3) is 0 Å². The molecule has 158 valence electrons. The van der Waals surface area contributed by atoms with E-state index in [1.54, 1.807) is 0 Å². The summed E-state index contributed by atoms with van der Waals surface area (Å²) in [6, 6.07) is 23.5. The van der Waals surface area contributed by atoms with Gasteiger partial charge < -0.3 is 5.73 Å². The molecule has 0 amide bonds. The van der Waals surface area contributed by atoms with E-state index in [9.17, 15) is 0 Å². The Morgan fingerprint density at radius 3 is 2.03 bits per heavy atom. The minimum absolute atomic E-state index is 0.353. The van der Waals surface area contributed by atoms with E-state index in [1.165, 1.54) is 27.6 Å². The van der Waals surface area contributed by atoms with Gasteiger partial charge in [-0.3, -0.25) is 0 Å². The second-order valence-corrected chi connectivity index (χ2v) is 9.56. The predicted molar refractivity (Wildman–Crippen MR) is 136 cm³/mol. The van der Waals surface area contributed by atoms with Crippen LogP contribution in [0.15, 0.2) is 71.6 Å². The largest absolute Gasteiger partial charge is 0.321 e. The summed E-state index contributed by atoms with van der Waals surface area (Å²) in [5.74, 6) is 0.353. The Morgan fingerprint density at radius 1 is 0.839 bits per heavy atom. The molecule has 0 aliphatic heterocycles. The van der Waals surface area contributed by atoms with Crippen LogP contribution < -0.4 is 5.73 Å². The summed E-state index contributed by atoms with van der Waals surface area (Å²) in [7, 11) is 0. The van der Waals surface area contributed by atoms with Crippen LogP contribution in [-0.2, 0) is 5.54 Å². The molecule has 0 fully saturated rings. The maximum absolute atomic E-state index is 6.60. The number of benzene rings is 3. The molecule has 3 heteroatoms. The topological polar surface area (TPSA) is 38.9 Å². The number of nitrogens with zero attached hydrogens (tertiary/aromatic N) is 1. The first-order chi connectivity index (χ1) is 14.7. The lowest BCUT2D eigenvalue weighted by atomic mass is 9.82. The third-order valence-corrected chi connectivity index (χ3v) is 6.85. The summed E-state index contributed by atoms with van der Waals surface area (Å²) in [5.41, 5.74) is 15.3. The van der Waals surface area contributed by atoms with Crippen LogP contribution in [0, 0.1) is 19.8 Å². The summed E-state index contributed by atoms with van der Waals surface area (Å²) in [6.07, 6.45) is 0. The molecule has 1 heterocycles. The number of aromatic nitrogens is 1. The maximum atomic E-state index is 6.60. The van der Waals surface area contributed by atoms with Crippen LogP contribution >= 0.6 is 12.6 Å². The van der Waals surface area contributed by atoms with Crippen molar-refractivity contribution in [3.8, 4) is 22.4 Å². The van der Waals surface area contributed by atoms with Gasteiger partial charge in [0.05, 0.1) is 11.2 Å². The van der Waals surface area contributed by atoms with Crippen molar-refractivity contribution in [2.75, 3.05) is 0 Å². The Labute approximate surface area is 190 Å². The van der Waals surface area contributed by atoms with Crippen molar-refractivity contribution < 1.29 is 0 Å². The van der Waals surface area contributed by atoms with Crippen LogP contribution in [0.25, 0.3) is 33.3 Å². The number of hydrogen-bond donors (Lipinski definition) is 2. The lowest BCUT2D eigenvalue weighted by Gasteiger charge is -2.30. The van der Waals surface area contributed by atoms with E-state index in [4.69, 9.17) is 10.7 Å². The van der Waals surface area contributed by atoms with Crippen molar-refractivity contribution in [3.05, 3.63) is 83.4 Å². The predicted octanol–water partition coefficient (Wildman–Crippen LogP) is 7.30. The van der Waals surface area contributed by atoms with Crippen molar-refractivity contribution in [2.45, 2.75) is 45.1 Å². The van der Waals surface area contributed by atoms with Gasteiger partial charge in [-0.2, -0.15) is 0 Å². The molecule has 0 aliphatic rings. The van der Waals surface area contributed by atoms with Crippen LogP contribution in [0.3, 0.4) is 0 Å². The molecule has 3 aromatic carbocycles. The molecular formula is C28H30N2S. The highest BCUT2D eigenvalue weighted by Crippen LogP contribution is 2.36. The second-order valence-electron chi connectivity index (χ2n) is 9.04. The van der Waals surface area contributed by atoms with Gasteiger partial charge in [-0.15, -0.1) is 12.6 Å². The van der Waals surface area contributed by atoms with E-state index >= 15 is 0 Å². The number of rotatable bonds is 4. The van der Waals surface area contributed by atoms with Crippen molar-refractivity contribution in [1.29, 1.82) is 0 Å². The summed E-state index contributed by atoms with van der Waals surface area (Å²) in [4.78, 5) is 6.00. The Morgan fingerprint density at radius 2 is 1.42 bits per heavy atom. The van der Waals surface area contributed by atoms with Gasteiger partial charge in [0.1, 0.15) is 0 Å². The fraction of sp³-hybridized carbons (Fsp3) is 0.250. The lowest BCUT2D eigenvalue weighted by Crippen LogP contribution is -2.38. The van der Waals surface area contributed by atoms with Crippen molar-refractivity contribution in [3.63, 3.8) is 0 Å². The molecule has 0 radical (unpaired) electrons. The average Bonchev–Trinajstić information content (AvgIpc) is 2.76. The molecule has 4 rings (SSSR count). The molecule has 0 aliphatic carbocycles. The second kappa shape index (κ2) is 8.14. The number of fused-ring (bicyclic) bond motifs is 1. The van der Waals surface area contributed by atoms with Crippen LogP contribution in [0.1, 0.15) is 37.5 Å². The molecule has 1 aromatic heterocycles. The molecular weight excluding hydrogens is 396 g/mol. The van der Waals surface area contributed by atoms with Gasteiger partial charge in [0.2, 0.25) is 0 Å². The minimum Gasteiger partial charge on any atom is -0.321 e. The zero-order valence-electron chi connectivity index (χ0n) is 18.9. The van der Waals surface area contributed by atoms with Crippen LogP contribution in [0.4, 0.5) is 0 Å². The van der Waals surface area contributed by atoms with E-state index in [-0.39, 0.29) is 5.54 Å². The Balaban J connectivity index is 1.94. The summed E-state index contributed by atoms with van der Waals surface area (Å²) in [6.45, 7) is 10.7. The van der Waals surface area contributed by atoms with Crippen LogP contribution in [-0.4, -0.2) is 4.98 Å². The molecule has 1 unspecified atom stereocenters. The van der Waals surface area contributed by atoms with Crippen molar-refractivity contribution in [1.82, 2.24) is 4.98 Å². The number of nitrogens with two attached hydrogens (primary N) is 1. The smallest absolute Gasteiger partial charge is 0.0747 e. The van der Waals surface area contributed by atoms with Crippen LogP contribution in [0.2, 0.25) is 0 Å². The molecule has 2 nitrogen and oxygen atoms in total. The van der Waals surface area contributed by atoms with E-state index < -0.39 is 0 Å². The Hall–Kier alpha value is -2.62. The average molecular weight is 427 g/mol. The molecule has 2 N–H and O–H groups in total. The first-order valence-corrected chi connectivity index (χ1v) is 11.2. The van der Waals surface area contributed by atoms with Gasteiger partial charge in [-0.1, -0.05) is 62.4 Å². The van der Waals surface area contributed by atoms with E-state index in [1.807, 2.05) is 12.1 Å². The first-order valence-electron chi connectivity index (χ1n) is 10.8. The molecule has 4 aromatic rings. The molecule has 0 saturated carbocycles. The molecule has 0 saturated heterocycles. The van der Waals surface area contributed by atoms with Gasteiger partial charge >= 0.3 is 0 Å². The highest BCUT2D eigenvalue weighted by atomic mass is 32.1. The summed E-state index contributed by atoms with van der Waals surface area (Å²) >= 11 is 4.43. The fourth-order valence-corrected chi connectivity index (χ4v) is 4.14. The SMILES string of the molecule is Cc1ccc(C)c2c(-c3ccc(C(C)(N)C(C)C)cc3)cc(-c3ccc(S)cc3)nc12. The zero-order chi connectivity index (χ0) is 22.3. The first kappa shape index (κ1) is 21.6. The third kappa shape index (κ3) is 4.00. The van der Waals surface area contributed by atoms with E-state index in [0.717, 1.165) is 27.2 Å². The maximum Gasteiger partial charge on any atom is 0.0747 e. The van der Waals surface area contributed by atoms with Gasteiger partial charge in [-0.05, 0) is 72.7 Å². The molecule has 1 atom stereocenters. The highest BCUT2D eigenvalue weighted by Gasteiger charge is 2.25. The van der Waals surface area contributed by atoms with Crippen molar-refractivity contribution >= 4 is 23.5 Å². The van der Waals surface area contributed by atoms with Gasteiger partial charge in [-0.25, -0.2) is 4.98 Å². The number of pyridine rings is 1. The standard InChI is InChI=1S/C28H30N2S/c1-17(2)28(5,29)22-12-8-20(9-13-22)24-16-25(21-10-14-23(31)15-11-21)30-27-19(4)7-6-18(3)26(24)27/h6-17,31H,29H2,1-5H3. The zero-order valence-corrected chi connectivity index (χ0v) is 19.8. The highest BCUT2D eigenvalue weighted by molar-refractivity contribution is 7.80.